The first-order valence-corrected chi connectivity index (χ1v) is 15.8. The number of hydrogen-bond donors (Lipinski definition) is 1. The summed E-state index contributed by atoms with van der Waals surface area (Å²) in [4.78, 5) is 28.5. The minimum Gasteiger partial charge on any atom is -0.497 e. The Labute approximate surface area is 241 Å². The predicted octanol–water partition coefficient (Wildman–Crippen LogP) is 5.41. The molecule has 0 spiro atoms. The van der Waals surface area contributed by atoms with Crippen molar-refractivity contribution >= 4 is 50.7 Å². The smallest absolute Gasteiger partial charge is 0.243 e. The third kappa shape index (κ3) is 8.50. The van der Waals surface area contributed by atoms with E-state index in [4.69, 9.17) is 27.9 Å². The van der Waals surface area contributed by atoms with E-state index in [-0.39, 0.29) is 43.8 Å². The lowest BCUT2D eigenvalue weighted by Gasteiger charge is -2.32. The highest BCUT2D eigenvalue weighted by Crippen LogP contribution is 2.28. The van der Waals surface area contributed by atoms with Crippen LogP contribution >= 0.6 is 23.2 Å². The zero-order valence-electron chi connectivity index (χ0n) is 22.7. The molecule has 0 heterocycles. The van der Waals surface area contributed by atoms with Crippen molar-refractivity contribution in [1.82, 2.24) is 10.2 Å². The van der Waals surface area contributed by atoms with Gasteiger partial charge in [0.2, 0.25) is 21.8 Å². The Morgan fingerprint density at radius 2 is 1.69 bits per heavy atom. The fraction of sp³-hybridized carbons (Fsp3) is 0.500. The summed E-state index contributed by atoms with van der Waals surface area (Å²) in [6.07, 6.45) is 5.84. The summed E-state index contributed by atoms with van der Waals surface area (Å²) < 4.78 is 31.5. The molecule has 1 atom stereocenters. The average Bonchev–Trinajstić information content (AvgIpc) is 3.40. The lowest BCUT2D eigenvalue weighted by atomic mass is 10.1. The molecule has 1 saturated carbocycles. The van der Waals surface area contributed by atoms with Crippen molar-refractivity contribution in [3.05, 3.63) is 58.1 Å². The molecular weight excluding hydrogens is 561 g/mol. The third-order valence-corrected chi connectivity index (χ3v) is 8.89. The van der Waals surface area contributed by atoms with Gasteiger partial charge in [-0.05, 0) is 62.1 Å². The number of hydrogen-bond acceptors (Lipinski definition) is 5. The van der Waals surface area contributed by atoms with E-state index in [1.54, 1.807) is 42.5 Å². The van der Waals surface area contributed by atoms with Crippen LogP contribution in [0, 0.1) is 0 Å². The highest BCUT2D eigenvalue weighted by atomic mass is 35.5. The number of carbonyl (C=O) groups is 2. The fourth-order valence-corrected chi connectivity index (χ4v) is 6.38. The fourth-order valence-electron chi connectivity index (χ4n) is 4.89. The van der Waals surface area contributed by atoms with Crippen LogP contribution in [0.2, 0.25) is 10.0 Å². The standard InChI is InChI=1S/C28H37Cl2N3O5S/c1-4-26(28(35)31-20-9-5-6-10-20)32(19-23-24(29)11-7-12-25(23)30)27(34)13-8-18-33(39(3,36)37)21-14-16-22(38-2)17-15-21/h7,11-12,14-17,20,26H,4-6,8-10,13,18-19H2,1-3H3,(H,31,35)/t26-/m1/s1. The molecule has 214 valence electrons. The molecule has 2 amide bonds. The zero-order valence-corrected chi connectivity index (χ0v) is 25.0. The molecule has 1 aliphatic carbocycles. The van der Waals surface area contributed by atoms with Crippen LogP contribution in [-0.4, -0.2) is 57.1 Å². The van der Waals surface area contributed by atoms with Gasteiger partial charge in [0.05, 0.1) is 19.1 Å². The van der Waals surface area contributed by atoms with Crippen molar-refractivity contribution in [1.29, 1.82) is 0 Å². The number of nitrogens with zero attached hydrogens (tertiary/aromatic N) is 2. The van der Waals surface area contributed by atoms with Gasteiger partial charge in [-0.25, -0.2) is 8.42 Å². The van der Waals surface area contributed by atoms with Crippen LogP contribution in [0.4, 0.5) is 5.69 Å². The molecule has 2 aromatic rings. The highest BCUT2D eigenvalue weighted by Gasteiger charge is 2.31. The summed E-state index contributed by atoms with van der Waals surface area (Å²) in [7, 11) is -2.06. The van der Waals surface area contributed by atoms with Gasteiger partial charge in [-0.15, -0.1) is 0 Å². The van der Waals surface area contributed by atoms with Crippen molar-refractivity contribution in [2.24, 2.45) is 0 Å². The molecule has 2 aromatic carbocycles. The van der Waals surface area contributed by atoms with Crippen molar-refractivity contribution in [3.63, 3.8) is 0 Å². The first-order valence-electron chi connectivity index (χ1n) is 13.2. The van der Waals surface area contributed by atoms with Gasteiger partial charge in [-0.2, -0.15) is 0 Å². The van der Waals surface area contributed by atoms with E-state index in [9.17, 15) is 18.0 Å². The summed E-state index contributed by atoms with van der Waals surface area (Å²) in [5, 5.41) is 3.93. The largest absolute Gasteiger partial charge is 0.497 e. The monoisotopic (exact) mass is 597 g/mol. The minimum atomic E-state index is -3.59. The number of methoxy groups -OCH3 is 1. The molecule has 0 aromatic heterocycles. The topological polar surface area (TPSA) is 96.0 Å². The SMILES string of the molecule is CC[C@H](C(=O)NC1CCCC1)N(Cc1c(Cl)cccc1Cl)C(=O)CCCN(c1ccc(OC)cc1)S(C)(=O)=O. The molecule has 11 heteroatoms. The van der Waals surface area contributed by atoms with E-state index in [1.165, 1.54) is 16.3 Å². The van der Waals surface area contributed by atoms with Gasteiger partial charge in [-0.3, -0.25) is 13.9 Å². The Bertz CT molecular complexity index is 1210. The Morgan fingerprint density at radius 3 is 2.23 bits per heavy atom. The molecular formula is C28H37Cl2N3O5S. The first-order chi connectivity index (χ1) is 18.5. The zero-order chi connectivity index (χ0) is 28.6. The summed E-state index contributed by atoms with van der Waals surface area (Å²) >= 11 is 12.8. The second-order valence-corrected chi connectivity index (χ2v) is 12.5. The Morgan fingerprint density at radius 1 is 1.08 bits per heavy atom. The Kier molecular flexibility index (Phi) is 11.3. The number of halogens is 2. The molecule has 1 N–H and O–H groups in total. The van der Waals surface area contributed by atoms with Crippen LogP contribution in [0.1, 0.15) is 57.4 Å². The van der Waals surface area contributed by atoms with Gasteiger partial charge in [0, 0.05) is 41.2 Å². The normalized spacial score (nSPS) is 14.6. The van der Waals surface area contributed by atoms with Crippen molar-refractivity contribution in [2.45, 2.75) is 70.5 Å². The van der Waals surface area contributed by atoms with Gasteiger partial charge in [0.15, 0.2) is 0 Å². The van der Waals surface area contributed by atoms with Crippen LogP contribution in [0.5, 0.6) is 5.75 Å². The molecule has 8 nitrogen and oxygen atoms in total. The van der Waals surface area contributed by atoms with Crippen LogP contribution in [0.25, 0.3) is 0 Å². The highest BCUT2D eigenvalue weighted by molar-refractivity contribution is 7.92. The molecule has 0 radical (unpaired) electrons. The van der Waals surface area contributed by atoms with Gasteiger partial charge in [0.1, 0.15) is 11.8 Å². The number of sulfonamides is 1. The molecule has 0 bridgehead atoms. The van der Waals surface area contributed by atoms with Crippen LogP contribution < -0.4 is 14.4 Å². The second kappa shape index (κ2) is 14.2. The molecule has 39 heavy (non-hydrogen) atoms. The molecule has 0 saturated heterocycles. The number of amides is 2. The first kappa shape index (κ1) is 31.0. The Balaban J connectivity index is 1.79. The number of anilines is 1. The van der Waals surface area contributed by atoms with Crippen LogP contribution in [0.15, 0.2) is 42.5 Å². The van der Waals surface area contributed by atoms with Crippen molar-refractivity contribution in [3.8, 4) is 5.75 Å². The summed E-state index contributed by atoms with van der Waals surface area (Å²) in [6, 6.07) is 11.2. The second-order valence-electron chi connectivity index (χ2n) is 9.77. The number of carbonyl (C=O) groups excluding carboxylic acids is 2. The van der Waals surface area contributed by atoms with Crippen LogP contribution in [0.3, 0.4) is 0 Å². The number of rotatable bonds is 13. The molecule has 0 unspecified atom stereocenters. The summed E-state index contributed by atoms with van der Waals surface area (Å²) in [6.45, 7) is 2.04. The van der Waals surface area contributed by atoms with E-state index >= 15 is 0 Å². The van der Waals surface area contributed by atoms with Gasteiger partial charge < -0.3 is 15.0 Å². The molecule has 1 aliphatic rings. The summed E-state index contributed by atoms with van der Waals surface area (Å²) in [5.74, 6) is 0.136. The van der Waals surface area contributed by atoms with Crippen molar-refractivity contribution < 1.29 is 22.7 Å². The predicted molar refractivity (Wildman–Crippen MR) is 156 cm³/mol. The van der Waals surface area contributed by atoms with Gasteiger partial charge in [0.25, 0.3) is 0 Å². The molecule has 1 fully saturated rings. The number of nitrogens with one attached hydrogen (secondary N) is 1. The molecule has 0 aliphatic heterocycles. The van der Waals surface area contributed by atoms with E-state index in [2.05, 4.69) is 5.32 Å². The van der Waals surface area contributed by atoms with Gasteiger partial charge in [-0.1, -0.05) is 49.0 Å². The van der Waals surface area contributed by atoms with E-state index < -0.39 is 16.1 Å². The maximum atomic E-state index is 13.6. The third-order valence-electron chi connectivity index (χ3n) is 6.99. The summed E-state index contributed by atoms with van der Waals surface area (Å²) in [5.41, 5.74) is 1.05. The minimum absolute atomic E-state index is 0.0391. The molecule has 3 rings (SSSR count). The number of ether oxygens (including phenoxy) is 1. The van der Waals surface area contributed by atoms with Crippen molar-refractivity contribution in [2.75, 3.05) is 24.2 Å². The lowest BCUT2D eigenvalue weighted by Crippen LogP contribution is -2.51. The van der Waals surface area contributed by atoms with Crippen LogP contribution in [-0.2, 0) is 26.2 Å². The Hall–Kier alpha value is -2.49. The maximum absolute atomic E-state index is 13.6. The van der Waals surface area contributed by atoms with E-state index in [1.807, 2.05) is 6.92 Å². The average molecular weight is 599 g/mol. The lowest BCUT2D eigenvalue weighted by molar-refractivity contribution is -0.141. The number of benzene rings is 2. The van der Waals surface area contributed by atoms with E-state index in [0.29, 0.717) is 33.5 Å². The quantitative estimate of drug-likeness (QED) is 0.333. The maximum Gasteiger partial charge on any atom is 0.243 e. The van der Waals surface area contributed by atoms with E-state index in [0.717, 1.165) is 31.9 Å². The van der Waals surface area contributed by atoms with Gasteiger partial charge >= 0.3 is 0 Å².